The third kappa shape index (κ3) is 6.83. The van der Waals surface area contributed by atoms with Gasteiger partial charge in [0.1, 0.15) is 0 Å². The zero-order valence-corrected chi connectivity index (χ0v) is 17.3. The molecule has 156 valence electrons. The van der Waals surface area contributed by atoms with Crippen LogP contribution in [0.15, 0.2) is 0 Å². The molecule has 0 aromatic carbocycles. The first-order chi connectivity index (χ1) is 12.7. The van der Waals surface area contributed by atoms with E-state index in [0.29, 0.717) is 37.0 Å². The van der Waals surface area contributed by atoms with Crippen LogP contribution in [0.3, 0.4) is 0 Å². The summed E-state index contributed by atoms with van der Waals surface area (Å²) in [4.78, 5) is 26.7. The molecule has 3 aliphatic rings. The van der Waals surface area contributed by atoms with E-state index in [1.54, 1.807) is 0 Å². The monoisotopic (exact) mass is 400 g/mol. The predicted octanol–water partition coefficient (Wildman–Crippen LogP) is 2.95. The molecule has 0 aromatic rings. The fourth-order valence-corrected chi connectivity index (χ4v) is 4.78. The number of carbonyl (C=O) groups is 2. The van der Waals surface area contributed by atoms with Crippen molar-refractivity contribution in [3.63, 3.8) is 0 Å². The maximum atomic E-state index is 12.6. The number of urea groups is 1. The molecule has 2 unspecified atom stereocenters. The first-order valence-corrected chi connectivity index (χ1v) is 10.8. The number of amides is 3. The van der Waals surface area contributed by atoms with Crippen LogP contribution in [-0.2, 0) is 4.79 Å². The Morgan fingerprint density at radius 3 is 2.52 bits per heavy atom. The van der Waals surface area contributed by atoms with Crippen molar-refractivity contribution in [2.75, 3.05) is 19.6 Å². The van der Waals surface area contributed by atoms with Crippen LogP contribution in [0.5, 0.6) is 0 Å². The Balaban J connectivity index is 0.00000261. The second-order valence-electron chi connectivity index (χ2n) is 8.22. The van der Waals surface area contributed by atoms with E-state index in [0.717, 1.165) is 58.0 Å². The Hall–Kier alpha value is -1.01. The lowest BCUT2D eigenvalue weighted by Crippen LogP contribution is -2.43. The minimum Gasteiger partial charge on any atom is -0.338 e. The third-order valence-corrected chi connectivity index (χ3v) is 6.24. The molecule has 0 spiro atoms. The highest BCUT2D eigenvalue weighted by molar-refractivity contribution is 5.85. The average molecular weight is 401 g/mol. The maximum Gasteiger partial charge on any atom is 0.315 e. The zero-order valence-electron chi connectivity index (χ0n) is 16.5. The predicted molar refractivity (Wildman–Crippen MR) is 110 cm³/mol. The topological polar surface area (TPSA) is 73.5 Å². The normalized spacial score (nSPS) is 25.4. The Kier molecular flexibility index (Phi) is 9.69. The highest BCUT2D eigenvalue weighted by Gasteiger charge is 2.37. The number of nitrogens with zero attached hydrogens (tertiary/aromatic N) is 1. The van der Waals surface area contributed by atoms with Crippen molar-refractivity contribution in [1.29, 1.82) is 0 Å². The average Bonchev–Trinajstić information content (AvgIpc) is 2.91. The summed E-state index contributed by atoms with van der Waals surface area (Å²) in [5.41, 5.74) is 0. The third-order valence-electron chi connectivity index (χ3n) is 6.24. The van der Waals surface area contributed by atoms with Crippen molar-refractivity contribution in [2.45, 2.75) is 95.2 Å². The van der Waals surface area contributed by atoms with Gasteiger partial charge in [-0.15, -0.1) is 12.4 Å². The van der Waals surface area contributed by atoms with Gasteiger partial charge in [0, 0.05) is 37.6 Å². The molecule has 3 amide bonds. The van der Waals surface area contributed by atoms with Gasteiger partial charge in [-0.05, 0) is 51.5 Å². The van der Waals surface area contributed by atoms with Gasteiger partial charge in [-0.2, -0.15) is 0 Å². The summed E-state index contributed by atoms with van der Waals surface area (Å²) in [6.07, 6.45) is 12.9. The molecule has 27 heavy (non-hydrogen) atoms. The maximum absolute atomic E-state index is 12.6. The van der Waals surface area contributed by atoms with E-state index in [1.807, 2.05) is 0 Å². The summed E-state index contributed by atoms with van der Waals surface area (Å²) in [6.45, 7) is 2.70. The number of halogens is 1. The van der Waals surface area contributed by atoms with Crippen molar-refractivity contribution in [3.05, 3.63) is 0 Å². The summed E-state index contributed by atoms with van der Waals surface area (Å²) in [5, 5.41) is 9.48. The van der Waals surface area contributed by atoms with Crippen LogP contribution < -0.4 is 16.0 Å². The van der Waals surface area contributed by atoms with Crippen LogP contribution in [0.25, 0.3) is 0 Å². The van der Waals surface area contributed by atoms with Gasteiger partial charge in [-0.25, -0.2) is 4.79 Å². The highest BCUT2D eigenvalue weighted by atomic mass is 35.5. The fraction of sp³-hybridized carbons (Fsp3) is 0.900. The molecule has 3 rings (SSSR count). The molecule has 2 atom stereocenters. The van der Waals surface area contributed by atoms with Gasteiger partial charge in [0.2, 0.25) is 5.91 Å². The molecule has 1 aliphatic carbocycles. The first-order valence-electron chi connectivity index (χ1n) is 10.8. The minimum atomic E-state index is -0.0263. The number of nitrogens with one attached hydrogen (secondary N) is 3. The second kappa shape index (κ2) is 11.7. The minimum absolute atomic E-state index is 0. The molecule has 6 nitrogen and oxygen atoms in total. The number of carbonyl (C=O) groups excluding carboxylic acids is 2. The molecule has 1 saturated carbocycles. The summed E-state index contributed by atoms with van der Waals surface area (Å²) < 4.78 is 0. The Morgan fingerprint density at radius 1 is 0.926 bits per heavy atom. The number of fused-ring (bicyclic) bond motifs is 2. The van der Waals surface area contributed by atoms with E-state index in [9.17, 15) is 9.59 Å². The molecule has 2 heterocycles. The van der Waals surface area contributed by atoms with Gasteiger partial charge in [0.05, 0.1) is 0 Å². The van der Waals surface area contributed by atoms with Crippen molar-refractivity contribution < 1.29 is 9.59 Å². The molecule has 0 radical (unpaired) electrons. The summed E-state index contributed by atoms with van der Waals surface area (Å²) in [5.74, 6) is 0.337. The van der Waals surface area contributed by atoms with Crippen molar-refractivity contribution in [2.24, 2.45) is 0 Å². The molecule has 3 N–H and O–H groups in total. The second-order valence-corrected chi connectivity index (χ2v) is 8.22. The quantitative estimate of drug-likeness (QED) is 0.575. The highest BCUT2D eigenvalue weighted by Crippen LogP contribution is 2.28. The SMILES string of the molecule is Cl.O=C(NCCCCCC(=O)N1C2CCNCC1CC2)NC1CCCCC1. The Labute approximate surface area is 170 Å². The number of hydrogen-bond donors (Lipinski definition) is 3. The van der Waals surface area contributed by atoms with Gasteiger partial charge in [0.25, 0.3) is 0 Å². The molecular weight excluding hydrogens is 364 g/mol. The van der Waals surface area contributed by atoms with Gasteiger partial charge in [-0.3, -0.25) is 4.79 Å². The van der Waals surface area contributed by atoms with Crippen LogP contribution in [0.1, 0.15) is 77.0 Å². The molecule has 0 aromatic heterocycles. The van der Waals surface area contributed by atoms with Crippen molar-refractivity contribution in [1.82, 2.24) is 20.9 Å². The molecule has 7 heteroatoms. The Bertz CT molecular complexity index is 457. The van der Waals surface area contributed by atoms with Crippen LogP contribution in [0, 0.1) is 0 Å². The van der Waals surface area contributed by atoms with E-state index in [2.05, 4.69) is 20.9 Å². The number of rotatable bonds is 7. The van der Waals surface area contributed by atoms with E-state index in [1.165, 1.54) is 25.7 Å². The molecule has 3 fully saturated rings. The van der Waals surface area contributed by atoms with E-state index in [4.69, 9.17) is 0 Å². The lowest BCUT2D eigenvalue weighted by molar-refractivity contribution is -0.133. The van der Waals surface area contributed by atoms with Crippen molar-refractivity contribution in [3.8, 4) is 0 Å². The van der Waals surface area contributed by atoms with E-state index < -0.39 is 0 Å². The van der Waals surface area contributed by atoms with Crippen LogP contribution >= 0.6 is 12.4 Å². The van der Waals surface area contributed by atoms with Gasteiger partial charge in [0.15, 0.2) is 0 Å². The summed E-state index contributed by atoms with van der Waals surface area (Å²) in [7, 11) is 0. The molecular formula is C20H37ClN4O2. The van der Waals surface area contributed by atoms with Crippen LogP contribution in [-0.4, -0.2) is 54.6 Å². The van der Waals surface area contributed by atoms with E-state index in [-0.39, 0.29) is 18.4 Å². The largest absolute Gasteiger partial charge is 0.338 e. The van der Waals surface area contributed by atoms with Crippen LogP contribution in [0.4, 0.5) is 4.79 Å². The standard InChI is InChI=1S/C20H36N4O2.ClH/c25-19(24-17-10-11-18(24)15-21-14-12-17)9-5-2-6-13-22-20(26)23-16-7-3-1-4-8-16;/h16-18,21H,1-15H2,(H2,22,23,26);1H. The van der Waals surface area contributed by atoms with Crippen molar-refractivity contribution >= 4 is 24.3 Å². The molecule has 2 aliphatic heterocycles. The van der Waals surface area contributed by atoms with Gasteiger partial charge in [-0.1, -0.05) is 25.7 Å². The van der Waals surface area contributed by atoms with Gasteiger partial charge >= 0.3 is 6.03 Å². The number of hydrogen-bond acceptors (Lipinski definition) is 3. The summed E-state index contributed by atoms with van der Waals surface area (Å²) in [6, 6.07) is 1.22. The Morgan fingerprint density at radius 2 is 1.70 bits per heavy atom. The first kappa shape index (κ1) is 22.3. The lowest BCUT2D eigenvalue weighted by Gasteiger charge is -2.28. The molecule has 2 bridgehead atoms. The van der Waals surface area contributed by atoms with E-state index >= 15 is 0 Å². The van der Waals surface area contributed by atoms with Gasteiger partial charge < -0.3 is 20.9 Å². The van der Waals surface area contributed by atoms with Crippen LogP contribution in [0.2, 0.25) is 0 Å². The zero-order chi connectivity index (χ0) is 18.2. The fourth-order valence-electron chi connectivity index (χ4n) is 4.78. The summed E-state index contributed by atoms with van der Waals surface area (Å²) >= 11 is 0. The number of unbranched alkanes of at least 4 members (excludes halogenated alkanes) is 2. The smallest absolute Gasteiger partial charge is 0.315 e. The molecule has 2 saturated heterocycles. The lowest BCUT2D eigenvalue weighted by atomic mass is 9.96.